The third-order valence-corrected chi connectivity index (χ3v) is 5.48. The fraction of sp³-hybridized carbons (Fsp3) is 0.0769. The summed E-state index contributed by atoms with van der Waals surface area (Å²) < 4.78 is 8.38. The van der Waals surface area contributed by atoms with Crippen molar-refractivity contribution in [3.05, 3.63) is 96.0 Å². The van der Waals surface area contributed by atoms with Crippen LogP contribution < -0.4 is 4.57 Å². The van der Waals surface area contributed by atoms with Gasteiger partial charge >= 0.3 is 0 Å². The van der Waals surface area contributed by atoms with Gasteiger partial charge in [0.1, 0.15) is 18.2 Å². The van der Waals surface area contributed by atoms with Gasteiger partial charge in [0.25, 0.3) is 0 Å². The maximum Gasteiger partial charge on any atom is 0.213 e. The van der Waals surface area contributed by atoms with E-state index in [1.807, 2.05) is 73.9 Å². The van der Waals surface area contributed by atoms with Gasteiger partial charge in [0, 0.05) is 22.9 Å². The Morgan fingerprint density at radius 2 is 1.69 bits per heavy atom. The minimum absolute atomic E-state index is 0.635. The van der Waals surface area contributed by atoms with Crippen LogP contribution in [0.4, 0.5) is 5.69 Å². The average molecular weight is 375 g/mol. The van der Waals surface area contributed by atoms with Crippen LogP contribution in [-0.4, -0.2) is 0 Å². The number of hydrogen-bond acceptors (Lipinski definition) is 1. The second-order valence-corrected chi connectivity index (χ2v) is 7.27. The molecule has 138 valence electrons. The first-order valence-electron chi connectivity index (χ1n) is 9.55. The third-order valence-electron chi connectivity index (χ3n) is 5.48. The van der Waals surface area contributed by atoms with Crippen molar-refractivity contribution in [2.45, 2.75) is 6.92 Å². The van der Waals surface area contributed by atoms with Crippen LogP contribution in [-0.2, 0) is 7.05 Å². The van der Waals surface area contributed by atoms with Crippen molar-refractivity contribution in [3.8, 4) is 22.4 Å². The highest BCUT2D eigenvalue weighted by Gasteiger charge is 2.21. The van der Waals surface area contributed by atoms with Gasteiger partial charge < -0.3 is 4.42 Å². The van der Waals surface area contributed by atoms with Crippen LogP contribution in [0.3, 0.4) is 0 Å². The van der Waals surface area contributed by atoms with E-state index in [-0.39, 0.29) is 0 Å². The van der Waals surface area contributed by atoms with Gasteiger partial charge in [0.2, 0.25) is 5.69 Å². The third kappa shape index (κ3) is 2.69. The highest BCUT2D eigenvalue weighted by molar-refractivity contribution is 6.14. The Balaban J connectivity index is 1.89. The summed E-state index contributed by atoms with van der Waals surface area (Å²) in [7, 11) is 2.05. The van der Waals surface area contributed by atoms with Crippen molar-refractivity contribution in [3.63, 3.8) is 0 Å². The summed E-state index contributed by atoms with van der Waals surface area (Å²) in [6.07, 6.45) is 2.05. The molecule has 3 nitrogen and oxygen atoms in total. The van der Waals surface area contributed by atoms with E-state index in [1.54, 1.807) is 0 Å². The number of benzene rings is 3. The first-order chi connectivity index (χ1) is 14.2. The van der Waals surface area contributed by atoms with Crippen LogP contribution in [0.1, 0.15) is 5.56 Å². The Morgan fingerprint density at radius 3 is 2.45 bits per heavy atom. The fourth-order valence-corrected chi connectivity index (χ4v) is 4.06. The molecule has 29 heavy (non-hydrogen) atoms. The van der Waals surface area contributed by atoms with Gasteiger partial charge in [-0.2, -0.15) is 0 Å². The minimum Gasteiger partial charge on any atom is -0.456 e. The molecule has 5 rings (SSSR count). The van der Waals surface area contributed by atoms with E-state index in [2.05, 4.69) is 28.5 Å². The first kappa shape index (κ1) is 17.2. The van der Waals surface area contributed by atoms with Crippen molar-refractivity contribution in [1.29, 1.82) is 0 Å². The van der Waals surface area contributed by atoms with Gasteiger partial charge in [-0.1, -0.05) is 36.4 Å². The van der Waals surface area contributed by atoms with Crippen LogP contribution >= 0.6 is 0 Å². The van der Waals surface area contributed by atoms with Crippen molar-refractivity contribution in [2.75, 3.05) is 0 Å². The lowest BCUT2D eigenvalue weighted by molar-refractivity contribution is -0.660. The maximum absolute atomic E-state index is 7.75. The van der Waals surface area contributed by atoms with E-state index in [1.165, 1.54) is 5.56 Å². The number of aryl methyl sites for hydroxylation is 2. The summed E-state index contributed by atoms with van der Waals surface area (Å²) in [5.41, 5.74) is 7.64. The lowest BCUT2D eigenvalue weighted by Gasteiger charge is -2.07. The van der Waals surface area contributed by atoms with Gasteiger partial charge in [0.05, 0.1) is 12.1 Å². The molecule has 0 aliphatic carbocycles. The molecule has 0 N–H and O–H groups in total. The summed E-state index contributed by atoms with van der Waals surface area (Å²) in [4.78, 5) is 3.83. The standard InChI is InChI=1S/C26H19N2O/c1-17-12-13-23-26(25(17)22-11-7-8-14-28(22)3)20-15-21(27-2)19(16-24(20)29-23)18-9-5-4-6-10-18/h4-16H,1,3H3/q+1. The lowest BCUT2D eigenvalue weighted by Crippen LogP contribution is -2.30. The Kier molecular flexibility index (Phi) is 3.93. The van der Waals surface area contributed by atoms with Crippen molar-refractivity contribution < 1.29 is 8.98 Å². The summed E-state index contributed by atoms with van der Waals surface area (Å²) in [5, 5.41) is 2.04. The van der Waals surface area contributed by atoms with Crippen LogP contribution in [0.2, 0.25) is 0 Å². The molecule has 0 bridgehead atoms. The molecule has 0 atom stereocenters. The number of nitrogens with zero attached hydrogens (tertiary/aromatic N) is 2. The van der Waals surface area contributed by atoms with Gasteiger partial charge in [-0.05, 0) is 47.9 Å². The molecule has 0 spiro atoms. The number of hydrogen-bond donors (Lipinski definition) is 0. The maximum atomic E-state index is 7.75. The zero-order chi connectivity index (χ0) is 20.0. The molecular weight excluding hydrogens is 356 g/mol. The summed E-state index contributed by atoms with van der Waals surface area (Å²) in [5.74, 6) is 0. The molecule has 3 aromatic carbocycles. The van der Waals surface area contributed by atoms with Gasteiger partial charge in [-0.25, -0.2) is 9.41 Å². The molecule has 0 aliphatic rings. The summed E-state index contributed by atoms with van der Waals surface area (Å²) >= 11 is 0. The van der Waals surface area contributed by atoms with E-state index in [0.29, 0.717) is 5.69 Å². The smallest absolute Gasteiger partial charge is 0.213 e. The fourth-order valence-electron chi connectivity index (χ4n) is 4.06. The molecule has 3 heteroatoms. The van der Waals surface area contributed by atoms with E-state index < -0.39 is 0 Å². The molecule has 2 aromatic heterocycles. The Labute approximate surface area is 169 Å². The summed E-state index contributed by atoms with van der Waals surface area (Å²) in [6.45, 7) is 9.87. The Morgan fingerprint density at radius 1 is 0.897 bits per heavy atom. The van der Waals surface area contributed by atoms with Gasteiger partial charge in [0.15, 0.2) is 11.9 Å². The molecule has 0 fully saturated rings. The molecule has 0 amide bonds. The van der Waals surface area contributed by atoms with E-state index >= 15 is 0 Å². The largest absolute Gasteiger partial charge is 0.456 e. The molecule has 2 heterocycles. The van der Waals surface area contributed by atoms with Crippen molar-refractivity contribution in [1.82, 2.24) is 0 Å². The minimum atomic E-state index is 0.635. The van der Waals surface area contributed by atoms with Crippen molar-refractivity contribution in [2.24, 2.45) is 7.05 Å². The quantitative estimate of drug-likeness (QED) is 0.251. The zero-order valence-electron chi connectivity index (χ0n) is 16.3. The molecule has 0 radical (unpaired) electrons. The van der Waals surface area contributed by atoms with Crippen LogP contribution in [0.25, 0.3) is 49.2 Å². The number of furan rings is 1. The SMILES string of the molecule is [C-]#[N+]c1cc2c(cc1-c1ccccc1)oc1ccc(C)c(-c3cccc[n+]3C)c12. The predicted octanol–water partition coefficient (Wildman–Crippen LogP) is 6.60. The second kappa shape index (κ2) is 6.61. The second-order valence-electron chi connectivity index (χ2n) is 7.27. The molecular formula is C26H19N2O+. The van der Waals surface area contributed by atoms with E-state index in [9.17, 15) is 0 Å². The number of pyridine rings is 1. The van der Waals surface area contributed by atoms with E-state index in [4.69, 9.17) is 11.0 Å². The molecule has 5 aromatic rings. The highest BCUT2D eigenvalue weighted by Crippen LogP contribution is 2.42. The van der Waals surface area contributed by atoms with Gasteiger partial charge in [-0.15, -0.1) is 0 Å². The van der Waals surface area contributed by atoms with Crippen molar-refractivity contribution >= 4 is 27.6 Å². The van der Waals surface area contributed by atoms with Crippen LogP contribution in [0, 0.1) is 13.5 Å². The molecule has 0 unspecified atom stereocenters. The monoisotopic (exact) mass is 375 g/mol. The number of rotatable bonds is 2. The summed E-state index contributed by atoms with van der Waals surface area (Å²) in [6, 6.07) is 24.3. The van der Waals surface area contributed by atoms with Gasteiger partial charge in [-0.3, -0.25) is 0 Å². The Bertz CT molecular complexity index is 1420. The number of aromatic nitrogens is 1. The predicted molar refractivity (Wildman–Crippen MR) is 117 cm³/mol. The zero-order valence-corrected chi connectivity index (χ0v) is 16.3. The molecule has 0 saturated heterocycles. The normalized spacial score (nSPS) is 11.1. The Hall–Kier alpha value is -3.90. The van der Waals surface area contributed by atoms with E-state index in [0.717, 1.165) is 44.3 Å². The first-order valence-corrected chi connectivity index (χ1v) is 9.55. The van der Waals surface area contributed by atoms with Crippen LogP contribution in [0.5, 0.6) is 0 Å². The molecule has 0 saturated carbocycles. The lowest BCUT2D eigenvalue weighted by atomic mass is 9.96. The number of fused-ring (bicyclic) bond motifs is 3. The highest BCUT2D eigenvalue weighted by atomic mass is 16.3. The molecule has 0 aliphatic heterocycles. The topological polar surface area (TPSA) is 21.4 Å². The van der Waals surface area contributed by atoms with Crippen LogP contribution in [0.15, 0.2) is 83.4 Å². The average Bonchev–Trinajstić information content (AvgIpc) is 3.12.